The average molecular weight is 268 g/mol. The number of carbonyl (C=O) groups excluding carboxylic acids is 1. The van der Waals surface area contributed by atoms with Crippen LogP contribution in [0, 0.1) is 11.8 Å². The van der Waals surface area contributed by atoms with Crippen LogP contribution in [0.2, 0.25) is 0 Å². The Bertz CT molecular complexity index is 673. The van der Waals surface area contributed by atoms with Crippen LogP contribution in [0.15, 0.2) is 24.3 Å². The Morgan fingerprint density at radius 2 is 2.20 bits per heavy atom. The van der Waals surface area contributed by atoms with E-state index in [4.69, 9.17) is 0 Å². The molecule has 0 saturated carbocycles. The molecule has 0 radical (unpaired) electrons. The van der Waals surface area contributed by atoms with E-state index < -0.39 is 0 Å². The number of para-hydroxylation sites is 1. The lowest BCUT2D eigenvalue weighted by Crippen LogP contribution is -2.45. The first-order valence-electron chi connectivity index (χ1n) is 7.64. The molecule has 2 bridgehead atoms. The second-order valence-corrected chi connectivity index (χ2v) is 6.19. The third-order valence-corrected chi connectivity index (χ3v) is 5.12. The van der Waals surface area contributed by atoms with E-state index in [-0.39, 0.29) is 5.92 Å². The van der Waals surface area contributed by atoms with E-state index in [9.17, 15) is 4.79 Å². The molecule has 1 aromatic heterocycles. The maximum atomic E-state index is 12.9. The van der Waals surface area contributed by atoms with Crippen molar-refractivity contribution >= 4 is 16.7 Å². The van der Waals surface area contributed by atoms with Crippen LogP contribution in [0.5, 0.6) is 0 Å². The zero-order chi connectivity index (χ0) is 13.7. The quantitative estimate of drug-likeness (QED) is 0.862. The van der Waals surface area contributed by atoms with Crippen molar-refractivity contribution in [3.05, 3.63) is 35.5 Å². The van der Waals surface area contributed by atoms with E-state index in [0.29, 0.717) is 11.7 Å². The molecule has 1 aromatic carbocycles. The summed E-state index contributed by atoms with van der Waals surface area (Å²) in [5.41, 5.74) is 3.19. The zero-order valence-corrected chi connectivity index (χ0v) is 11.9. The van der Waals surface area contributed by atoms with Crippen molar-refractivity contribution in [2.24, 2.45) is 11.8 Å². The molecule has 0 aliphatic carbocycles. The molecule has 3 nitrogen and oxygen atoms in total. The molecule has 1 fully saturated rings. The van der Waals surface area contributed by atoms with Crippen LogP contribution in [-0.2, 0) is 6.54 Å². The highest BCUT2D eigenvalue weighted by Gasteiger charge is 2.38. The maximum Gasteiger partial charge on any atom is 0.182 e. The van der Waals surface area contributed by atoms with Crippen molar-refractivity contribution in [3.8, 4) is 0 Å². The highest BCUT2D eigenvalue weighted by atomic mass is 16.1. The minimum absolute atomic E-state index is 0.211. The van der Waals surface area contributed by atoms with Crippen LogP contribution in [0.1, 0.15) is 35.8 Å². The maximum absolute atomic E-state index is 12.9. The fourth-order valence-electron chi connectivity index (χ4n) is 3.99. The number of hydrogen-bond donors (Lipinski definition) is 1. The molecule has 3 heteroatoms. The van der Waals surface area contributed by atoms with Gasteiger partial charge in [0.05, 0.1) is 5.69 Å². The number of nitrogens with zero attached hydrogens (tertiary/aromatic N) is 1. The Kier molecular flexibility index (Phi) is 2.71. The van der Waals surface area contributed by atoms with E-state index >= 15 is 0 Å². The third-order valence-electron chi connectivity index (χ3n) is 5.12. The van der Waals surface area contributed by atoms with Gasteiger partial charge in [-0.15, -0.1) is 0 Å². The monoisotopic (exact) mass is 268 g/mol. The molecule has 1 N–H and O–H groups in total. The van der Waals surface area contributed by atoms with Gasteiger partial charge in [0.1, 0.15) is 0 Å². The average Bonchev–Trinajstić information content (AvgIpc) is 2.83. The predicted octanol–water partition coefficient (Wildman–Crippen LogP) is 3.21. The Hall–Kier alpha value is -1.61. The zero-order valence-electron chi connectivity index (χ0n) is 11.9. The van der Waals surface area contributed by atoms with Crippen LogP contribution in [-0.4, -0.2) is 28.8 Å². The minimum atomic E-state index is 0.211. The van der Waals surface area contributed by atoms with Crippen LogP contribution >= 0.6 is 0 Å². The summed E-state index contributed by atoms with van der Waals surface area (Å²) in [7, 11) is 0. The van der Waals surface area contributed by atoms with Gasteiger partial charge in [0.15, 0.2) is 5.78 Å². The summed E-state index contributed by atoms with van der Waals surface area (Å²) < 4.78 is 0. The first-order valence-corrected chi connectivity index (χ1v) is 7.64. The number of piperidine rings is 1. The molecule has 4 heterocycles. The largest absolute Gasteiger partial charge is 0.352 e. The predicted molar refractivity (Wildman–Crippen MR) is 79.8 cm³/mol. The van der Waals surface area contributed by atoms with Gasteiger partial charge in [-0.05, 0) is 24.9 Å². The highest BCUT2D eigenvalue weighted by molar-refractivity contribution is 6.03. The number of benzene rings is 1. The number of rotatable bonds is 1. The minimum Gasteiger partial charge on any atom is -0.352 e. The number of fused-ring (bicyclic) bond motifs is 3. The van der Waals surface area contributed by atoms with Gasteiger partial charge in [-0.2, -0.15) is 0 Å². The van der Waals surface area contributed by atoms with Crippen LogP contribution in [0.25, 0.3) is 10.9 Å². The van der Waals surface area contributed by atoms with E-state index in [1.807, 2.05) is 6.07 Å². The molecule has 2 aromatic rings. The number of ketones is 1. The number of Topliss-reactive ketones (excluding diaryl/α,β-unsaturated/α-hetero) is 1. The Morgan fingerprint density at radius 3 is 3.05 bits per heavy atom. The Morgan fingerprint density at radius 1 is 1.35 bits per heavy atom. The summed E-state index contributed by atoms with van der Waals surface area (Å²) in [6.45, 7) is 5.26. The molecule has 0 spiro atoms. The van der Waals surface area contributed by atoms with Crippen molar-refractivity contribution in [3.63, 3.8) is 0 Å². The summed E-state index contributed by atoms with van der Waals surface area (Å²) in [6, 6.07) is 8.29. The molecule has 3 aliphatic rings. The molecule has 5 rings (SSSR count). The third kappa shape index (κ3) is 1.66. The number of aromatic nitrogens is 1. The molecule has 2 unspecified atom stereocenters. The number of carbonyl (C=O) groups is 1. The summed E-state index contributed by atoms with van der Waals surface area (Å²) in [5, 5.41) is 1.22. The van der Waals surface area contributed by atoms with Gasteiger partial charge in [0.25, 0.3) is 0 Å². The first-order chi connectivity index (χ1) is 9.78. The van der Waals surface area contributed by atoms with Gasteiger partial charge in [0.2, 0.25) is 0 Å². The normalized spacial score (nSPS) is 29.2. The van der Waals surface area contributed by atoms with Crippen LogP contribution in [0.3, 0.4) is 0 Å². The Balaban J connectivity index is 1.90. The molecule has 3 aliphatic heterocycles. The van der Waals surface area contributed by atoms with Crippen molar-refractivity contribution in [2.75, 3.05) is 13.1 Å². The van der Waals surface area contributed by atoms with Gasteiger partial charge in [-0.3, -0.25) is 9.69 Å². The van der Waals surface area contributed by atoms with Gasteiger partial charge < -0.3 is 4.98 Å². The summed E-state index contributed by atoms with van der Waals surface area (Å²) in [6.07, 6.45) is 2.12. The van der Waals surface area contributed by atoms with Gasteiger partial charge in [-0.25, -0.2) is 0 Å². The van der Waals surface area contributed by atoms with Crippen molar-refractivity contribution in [1.29, 1.82) is 0 Å². The molecule has 1 saturated heterocycles. The first kappa shape index (κ1) is 12.2. The molecule has 3 atom stereocenters. The number of H-pyrrole nitrogens is 1. The van der Waals surface area contributed by atoms with E-state index in [0.717, 1.165) is 43.7 Å². The summed E-state index contributed by atoms with van der Waals surface area (Å²) in [4.78, 5) is 18.8. The fourth-order valence-corrected chi connectivity index (χ4v) is 3.99. The van der Waals surface area contributed by atoms with E-state index in [1.54, 1.807) is 0 Å². The summed E-state index contributed by atoms with van der Waals surface area (Å²) >= 11 is 0. The molecular formula is C17H20N2O. The second-order valence-electron chi connectivity index (χ2n) is 6.19. The standard InChI is InChI=1S/C17H20N2O/c1-2-11-9-19-8-7-12(11)17(20)16-14(10-19)13-5-3-4-6-15(13)18-16/h3-6,11-12,18H,2,7-10H2,1H3/t11?,12-/m1/s1. The number of nitrogens with one attached hydrogen (secondary N) is 1. The lowest BCUT2D eigenvalue weighted by atomic mass is 9.78. The molecule has 104 valence electrons. The number of aromatic amines is 1. The van der Waals surface area contributed by atoms with E-state index in [2.05, 4.69) is 35.0 Å². The fraction of sp³-hybridized carbons (Fsp3) is 0.471. The molecule has 20 heavy (non-hydrogen) atoms. The smallest absolute Gasteiger partial charge is 0.182 e. The van der Waals surface area contributed by atoms with Gasteiger partial charge in [0, 0.05) is 35.5 Å². The van der Waals surface area contributed by atoms with Crippen LogP contribution < -0.4 is 0 Å². The lowest BCUT2D eigenvalue weighted by Gasteiger charge is -2.39. The van der Waals surface area contributed by atoms with Crippen molar-refractivity contribution < 1.29 is 4.79 Å². The van der Waals surface area contributed by atoms with Gasteiger partial charge in [-0.1, -0.05) is 31.5 Å². The summed E-state index contributed by atoms with van der Waals surface area (Å²) in [5.74, 6) is 1.08. The SMILES string of the molecule is CCC1CN2CC[C@H]1C(=O)c1[nH]c3ccccc3c1C2. The van der Waals surface area contributed by atoms with E-state index in [1.165, 1.54) is 10.9 Å². The lowest BCUT2D eigenvalue weighted by molar-refractivity contribution is 0.0642. The molecular weight excluding hydrogens is 248 g/mol. The van der Waals surface area contributed by atoms with Gasteiger partial charge >= 0.3 is 0 Å². The Labute approximate surface area is 119 Å². The highest BCUT2D eigenvalue weighted by Crippen LogP contribution is 2.36. The van der Waals surface area contributed by atoms with Crippen molar-refractivity contribution in [1.82, 2.24) is 9.88 Å². The molecule has 0 amide bonds. The number of hydrogen-bond acceptors (Lipinski definition) is 2. The topological polar surface area (TPSA) is 36.1 Å². The van der Waals surface area contributed by atoms with Crippen LogP contribution in [0.4, 0.5) is 0 Å². The second kappa shape index (κ2) is 4.45. The van der Waals surface area contributed by atoms with Crippen molar-refractivity contribution in [2.45, 2.75) is 26.3 Å².